The SMILES string of the molecule is COCC(=O)N(C)[S+](C)[O-]. The Labute approximate surface area is 63.5 Å². The Bertz CT molecular complexity index is 117. The third-order valence-corrected chi connectivity index (χ3v) is 1.98. The van der Waals surface area contributed by atoms with Gasteiger partial charge in [0, 0.05) is 7.11 Å². The lowest BCUT2D eigenvalue weighted by Crippen LogP contribution is -2.34. The second kappa shape index (κ2) is 4.54. The molecule has 0 aromatic carbocycles. The van der Waals surface area contributed by atoms with Gasteiger partial charge in [0.2, 0.25) is 0 Å². The summed E-state index contributed by atoms with van der Waals surface area (Å²) in [6.07, 6.45) is 1.44. The van der Waals surface area contributed by atoms with Crippen LogP contribution >= 0.6 is 0 Å². The van der Waals surface area contributed by atoms with Crippen molar-refractivity contribution in [2.24, 2.45) is 0 Å². The van der Waals surface area contributed by atoms with Crippen LogP contribution in [0.4, 0.5) is 0 Å². The maximum absolute atomic E-state index is 10.8. The second-order valence-electron chi connectivity index (χ2n) is 1.75. The van der Waals surface area contributed by atoms with Crippen LogP contribution in [0.1, 0.15) is 0 Å². The zero-order chi connectivity index (χ0) is 8.15. The number of carbonyl (C=O) groups excluding carboxylic acids is 1. The number of hydrogen-bond donors (Lipinski definition) is 0. The van der Waals surface area contributed by atoms with Crippen LogP contribution < -0.4 is 0 Å². The fourth-order valence-electron chi connectivity index (χ4n) is 0.358. The lowest BCUT2D eigenvalue weighted by Gasteiger charge is -2.15. The predicted octanol–water partition coefficient (Wildman–Crippen LogP) is -0.615. The van der Waals surface area contributed by atoms with Gasteiger partial charge in [0.25, 0.3) is 5.91 Å². The molecule has 0 aliphatic carbocycles. The van der Waals surface area contributed by atoms with E-state index in [1.807, 2.05) is 0 Å². The maximum Gasteiger partial charge on any atom is 0.289 e. The van der Waals surface area contributed by atoms with Gasteiger partial charge >= 0.3 is 0 Å². The molecule has 0 fully saturated rings. The molecule has 0 aromatic heterocycles. The molecule has 1 atom stereocenters. The average Bonchev–Trinajstić information content (AvgIpc) is 1.87. The normalized spacial score (nSPS) is 12.8. The molecule has 60 valence electrons. The van der Waals surface area contributed by atoms with Gasteiger partial charge in [-0.15, -0.1) is 0 Å². The third-order valence-electron chi connectivity index (χ3n) is 1.00. The van der Waals surface area contributed by atoms with Gasteiger partial charge < -0.3 is 9.29 Å². The van der Waals surface area contributed by atoms with Crippen molar-refractivity contribution in [1.82, 2.24) is 4.31 Å². The number of ether oxygens (including phenoxy) is 1. The molecule has 0 N–H and O–H groups in total. The fraction of sp³-hybridized carbons (Fsp3) is 0.800. The van der Waals surface area contributed by atoms with Crippen LogP contribution in [0.25, 0.3) is 0 Å². The van der Waals surface area contributed by atoms with Crippen LogP contribution in [0.5, 0.6) is 0 Å². The van der Waals surface area contributed by atoms with Crippen molar-refractivity contribution in [3.05, 3.63) is 0 Å². The van der Waals surface area contributed by atoms with E-state index in [0.29, 0.717) is 0 Å². The van der Waals surface area contributed by atoms with Gasteiger partial charge in [-0.1, -0.05) is 0 Å². The maximum atomic E-state index is 10.8. The zero-order valence-corrected chi connectivity index (χ0v) is 7.10. The summed E-state index contributed by atoms with van der Waals surface area (Å²) < 4.78 is 16.3. The van der Waals surface area contributed by atoms with E-state index in [1.165, 1.54) is 20.4 Å². The molecule has 1 amide bonds. The molecule has 0 aliphatic rings. The molecular formula is C5H11NO3S. The molecule has 4 nitrogen and oxygen atoms in total. The van der Waals surface area contributed by atoms with Crippen molar-refractivity contribution in [3.63, 3.8) is 0 Å². The smallest absolute Gasteiger partial charge is 0.289 e. The summed E-state index contributed by atoms with van der Waals surface area (Å²) in [7, 11) is 2.89. The largest absolute Gasteiger partial charge is 0.593 e. The monoisotopic (exact) mass is 165 g/mol. The quantitative estimate of drug-likeness (QED) is 0.524. The molecule has 0 heterocycles. The molecule has 0 bridgehead atoms. The van der Waals surface area contributed by atoms with Gasteiger partial charge in [0.1, 0.15) is 12.9 Å². The fourth-order valence-corrected chi connectivity index (χ4v) is 0.697. The second-order valence-corrected chi connectivity index (χ2v) is 3.14. The van der Waals surface area contributed by atoms with Crippen LogP contribution in [0.15, 0.2) is 0 Å². The van der Waals surface area contributed by atoms with Crippen molar-refractivity contribution in [3.8, 4) is 0 Å². The summed E-state index contributed by atoms with van der Waals surface area (Å²) in [6, 6.07) is 0. The van der Waals surface area contributed by atoms with Crippen LogP contribution in [0, 0.1) is 0 Å². The summed E-state index contributed by atoms with van der Waals surface area (Å²) in [5.74, 6) is -0.275. The van der Waals surface area contributed by atoms with Gasteiger partial charge in [-0.05, 0) is 0 Å². The summed E-state index contributed by atoms with van der Waals surface area (Å²) in [5, 5.41) is 0. The number of methoxy groups -OCH3 is 1. The van der Waals surface area contributed by atoms with Crippen molar-refractivity contribution < 1.29 is 14.1 Å². The molecular weight excluding hydrogens is 154 g/mol. The van der Waals surface area contributed by atoms with Crippen molar-refractivity contribution in [2.45, 2.75) is 0 Å². The van der Waals surface area contributed by atoms with E-state index < -0.39 is 11.4 Å². The third kappa shape index (κ3) is 3.05. The molecule has 0 saturated heterocycles. The van der Waals surface area contributed by atoms with Gasteiger partial charge in [0.15, 0.2) is 0 Å². The molecule has 1 unspecified atom stereocenters. The molecule has 0 aromatic rings. The highest BCUT2D eigenvalue weighted by molar-refractivity contribution is 7.88. The Morgan fingerprint density at radius 1 is 1.80 bits per heavy atom. The minimum absolute atomic E-state index is 0.0178. The van der Waals surface area contributed by atoms with Crippen molar-refractivity contribution in [1.29, 1.82) is 0 Å². The Kier molecular flexibility index (Phi) is 4.42. The first-order valence-corrected chi connectivity index (χ1v) is 4.20. The summed E-state index contributed by atoms with van der Waals surface area (Å²) in [6.45, 7) is -0.0178. The predicted molar refractivity (Wildman–Crippen MR) is 38.7 cm³/mol. The van der Waals surface area contributed by atoms with Crippen LogP contribution in [-0.4, -0.2) is 41.8 Å². The topological polar surface area (TPSA) is 52.6 Å². The van der Waals surface area contributed by atoms with Crippen molar-refractivity contribution >= 4 is 17.3 Å². The lowest BCUT2D eigenvalue weighted by atomic mass is 10.7. The number of hydrogen-bond acceptors (Lipinski definition) is 3. The van der Waals surface area contributed by atoms with E-state index in [2.05, 4.69) is 4.74 Å². The first-order valence-electron chi connectivity index (χ1n) is 2.68. The van der Waals surface area contributed by atoms with E-state index in [0.717, 1.165) is 4.31 Å². The van der Waals surface area contributed by atoms with Crippen LogP contribution in [0.2, 0.25) is 0 Å². The molecule has 0 saturated carbocycles. The van der Waals surface area contributed by atoms with Gasteiger partial charge in [-0.3, -0.25) is 4.79 Å². The van der Waals surface area contributed by atoms with E-state index in [1.54, 1.807) is 0 Å². The molecule has 0 aliphatic heterocycles. The van der Waals surface area contributed by atoms with Crippen molar-refractivity contribution in [2.75, 3.05) is 27.0 Å². The van der Waals surface area contributed by atoms with Gasteiger partial charge in [-0.2, -0.15) is 4.31 Å². The van der Waals surface area contributed by atoms with Crippen LogP contribution in [-0.2, 0) is 20.9 Å². The molecule has 5 heteroatoms. The Morgan fingerprint density at radius 2 is 2.30 bits per heavy atom. The minimum Gasteiger partial charge on any atom is -0.593 e. The minimum atomic E-state index is -1.24. The standard InChI is InChI=1S/C5H11NO3S/c1-6(10(3)8)5(7)4-9-2/h4H2,1-3H3. The van der Waals surface area contributed by atoms with E-state index in [4.69, 9.17) is 0 Å². The number of carbonyl (C=O) groups is 1. The Hall–Kier alpha value is -0.260. The molecule has 0 spiro atoms. The molecule has 0 rings (SSSR count). The van der Waals surface area contributed by atoms with E-state index in [-0.39, 0.29) is 12.5 Å². The highest BCUT2D eigenvalue weighted by atomic mass is 32.2. The average molecular weight is 165 g/mol. The number of rotatable bonds is 3. The van der Waals surface area contributed by atoms with Crippen LogP contribution in [0.3, 0.4) is 0 Å². The van der Waals surface area contributed by atoms with E-state index >= 15 is 0 Å². The summed E-state index contributed by atoms with van der Waals surface area (Å²) in [5.41, 5.74) is 0. The first-order chi connectivity index (χ1) is 4.59. The Morgan fingerprint density at radius 3 is 2.60 bits per heavy atom. The van der Waals surface area contributed by atoms with Gasteiger partial charge in [-0.25, -0.2) is 0 Å². The van der Waals surface area contributed by atoms with E-state index in [9.17, 15) is 9.35 Å². The lowest BCUT2D eigenvalue weighted by molar-refractivity contribution is -0.129. The van der Waals surface area contributed by atoms with Gasteiger partial charge in [0.05, 0.1) is 18.4 Å². The first kappa shape index (κ1) is 9.74. The molecule has 0 radical (unpaired) electrons. The highest BCUT2D eigenvalue weighted by Crippen LogP contribution is 1.93. The Balaban J connectivity index is 3.71. The molecule has 10 heavy (non-hydrogen) atoms. The number of likely N-dealkylation sites (N-methyl/N-ethyl adjacent to an activating group) is 1. The summed E-state index contributed by atoms with van der Waals surface area (Å²) >= 11 is -1.24. The summed E-state index contributed by atoms with van der Waals surface area (Å²) in [4.78, 5) is 10.8. The zero-order valence-electron chi connectivity index (χ0n) is 6.29. The number of nitrogens with zero attached hydrogens (tertiary/aromatic N) is 1. The number of amides is 1. The highest BCUT2D eigenvalue weighted by Gasteiger charge is 2.15.